The van der Waals surface area contributed by atoms with Gasteiger partial charge in [-0.2, -0.15) is 0 Å². The number of nitrogens with zero attached hydrogens (tertiary/aromatic N) is 2. The van der Waals surface area contributed by atoms with Crippen molar-refractivity contribution in [2.75, 3.05) is 20.1 Å². The lowest BCUT2D eigenvalue weighted by molar-refractivity contribution is -0.132. The summed E-state index contributed by atoms with van der Waals surface area (Å²) in [6.07, 6.45) is 2.05. The first-order valence-corrected chi connectivity index (χ1v) is 6.13. The third-order valence-electron chi connectivity index (χ3n) is 3.20. The van der Waals surface area contributed by atoms with E-state index in [1.54, 1.807) is 4.90 Å². The summed E-state index contributed by atoms with van der Waals surface area (Å²) in [5, 5.41) is 0. The molecule has 1 heterocycles. The average molecular weight is 243 g/mol. The highest BCUT2D eigenvalue weighted by molar-refractivity contribution is 7.80. The number of likely N-dealkylation sites (N-methyl/N-ethyl adjacent to an activating group) is 1. The maximum Gasteiger partial charge on any atom is 0.236 e. The van der Waals surface area contributed by atoms with Gasteiger partial charge in [-0.15, -0.1) is 0 Å². The first-order valence-electron chi connectivity index (χ1n) is 5.72. The predicted molar refractivity (Wildman–Crippen MR) is 69.3 cm³/mol. The summed E-state index contributed by atoms with van der Waals surface area (Å²) in [5.74, 6) is 0.137. The van der Waals surface area contributed by atoms with Crippen LogP contribution in [0.2, 0.25) is 0 Å². The average Bonchev–Trinajstić information content (AvgIpc) is 2.64. The van der Waals surface area contributed by atoms with Crippen LogP contribution >= 0.6 is 12.2 Å². The van der Waals surface area contributed by atoms with Gasteiger partial charge in [-0.25, -0.2) is 0 Å². The molecule has 0 spiro atoms. The Bertz CT molecular complexity index is 280. The maximum atomic E-state index is 11.9. The standard InChI is InChI=1S/C11H21N3OS/c1-8(2)13(3)10(15)7-14-6-4-5-9(14)11(12)16/h8-9H,4-7H2,1-3H3,(H2,12,16). The summed E-state index contributed by atoms with van der Waals surface area (Å²) in [7, 11) is 1.83. The van der Waals surface area contributed by atoms with Gasteiger partial charge in [0.15, 0.2) is 0 Å². The second-order valence-electron chi connectivity index (χ2n) is 4.63. The van der Waals surface area contributed by atoms with Gasteiger partial charge in [0.1, 0.15) is 0 Å². The van der Waals surface area contributed by atoms with E-state index >= 15 is 0 Å². The first-order chi connectivity index (χ1) is 7.43. The minimum atomic E-state index is 0.111. The molecule has 5 heteroatoms. The Morgan fingerprint density at radius 2 is 2.25 bits per heavy atom. The highest BCUT2D eigenvalue weighted by atomic mass is 32.1. The Morgan fingerprint density at radius 3 is 2.75 bits per heavy atom. The summed E-state index contributed by atoms with van der Waals surface area (Å²) in [6, 6.07) is 0.345. The van der Waals surface area contributed by atoms with E-state index in [-0.39, 0.29) is 18.0 Å². The molecule has 0 aromatic heterocycles. The summed E-state index contributed by atoms with van der Waals surface area (Å²) in [4.78, 5) is 16.3. The SMILES string of the molecule is CC(C)N(C)C(=O)CN1CCCC1C(N)=S. The van der Waals surface area contributed by atoms with Crippen LogP contribution in [0.15, 0.2) is 0 Å². The van der Waals surface area contributed by atoms with Crippen LogP contribution in [0.1, 0.15) is 26.7 Å². The number of nitrogens with two attached hydrogens (primary N) is 1. The number of carbonyl (C=O) groups is 1. The molecule has 16 heavy (non-hydrogen) atoms. The molecule has 0 aliphatic carbocycles. The van der Waals surface area contributed by atoms with E-state index < -0.39 is 0 Å². The van der Waals surface area contributed by atoms with Crippen molar-refractivity contribution in [1.82, 2.24) is 9.80 Å². The molecule has 1 aliphatic rings. The molecule has 0 aromatic rings. The van der Waals surface area contributed by atoms with E-state index in [2.05, 4.69) is 4.90 Å². The van der Waals surface area contributed by atoms with Gasteiger partial charge in [0.2, 0.25) is 5.91 Å². The van der Waals surface area contributed by atoms with Crippen molar-refractivity contribution in [1.29, 1.82) is 0 Å². The van der Waals surface area contributed by atoms with Crippen LogP contribution in [-0.4, -0.2) is 52.9 Å². The number of likely N-dealkylation sites (tertiary alicyclic amines) is 1. The van der Waals surface area contributed by atoms with E-state index in [1.807, 2.05) is 20.9 Å². The normalized spacial score (nSPS) is 21.4. The molecule has 1 atom stereocenters. The molecule has 4 nitrogen and oxygen atoms in total. The third-order valence-corrected chi connectivity index (χ3v) is 3.47. The number of carbonyl (C=O) groups excluding carboxylic acids is 1. The molecular formula is C11H21N3OS. The van der Waals surface area contributed by atoms with Gasteiger partial charge in [-0.3, -0.25) is 9.69 Å². The number of amides is 1. The molecule has 0 aromatic carbocycles. The lowest BCUT2D eigenvalue weighted by Crippen LogP contribution is -2.46. The number of hydrogen-bond acceptors (Lipinski definition) is 3. The minimum absolute atomic E-state index is 0.111. The molecule has 1 rings (SSSR count). The van der Waals surface area contributed by atoms with E-state index in [9.17, 15) is 4.79 Å². The van der Waals surface area contributed by atoms with Crippen LogP contribution in [0, 0.1) is 0 Å². The van der Waals surface area contributed by atoms with Crippen LogP contribution in [0.25, 0.3) is 0 Å². The molecule has 0 saturated carbocycles. The van der Waals surface area contributed by atoms with Crippen molar-refractivity contribution in [2.24, 2.45) is 5.73 Å². The molecule has 0 bridgehead atoms. The van der Waals surface area contributed by atoms with E-state index in [1.165, 1.54) is 0 Å². The summed E-state index contributed by atoms with van der Waals surface area (Å²) >= 11 is 5.01. The highest BCUT2D eigenvalue weighted by Crippen LogP contribution is 2.17. The zero-order valence-electron chi connectivity index (χ0n) is 10.3. The molecule has 1 saturated heterocycles. The van der Waals surface area contributed by atoms with Crippen molar-refractivity contribution in [3.63, 3.8) is 0 Å². The molecule has 1 amide bonds. The fourth-order valence-corrected chi connectivity index (χ4v) is 2.18. The van der Waals surface area contributed by atoms with E-state index in [0.717, 1.165) is 19.4 Å². The quantitative estimate of drug-likeness (QED) is 0.735. The zero-order valence-corrected chi connectivity index (χ0v) is 11.1. The molecule has 92 valence electrons. The van der Waals surface area contributed by atoms with Crippen LogP contribution < -0.4 is 5.73 Å². The van der Waals surface area contributed by atoms with Crippen molar-refractivity contribution >= 4 is 23.1 Å². The van der Waals surface area contributed by atoms with Crippen LogP contribution in [-0.2, 0) is 4.79 Å². The topological polar surface area (TPSA) is 49.6 Å². The predicted octanol–water partition coefficient (Wildman–Crippen LogP) is 0.604. The second kappa shape index (κ2) is 5.59. The molecule has 2 N–H and O–H groups in total. The zero-order chi connectivity index (χ0) is 12.3. The summed E-state index contributed by atoms with van der Waals surface area (Å²) in [6.45, 7) is 5.36. The third kappa shape index (κ3) is 3.15. The lowest BCUT2D eigenvalue weighted by Gasteiger charge is -2.27. The number of rotatable bonds is 4. The summed E-state index contributed by atoms with van der Waals surface area (Å²) in [5.41, 5.74) is 5.66. The second-order valence-corrected chi connectivity index (χ2v) is 5.10. The lowest BCUT2D eigenvalue weighted by atomic mass is 10.2. The van der Waals surface area contributed by atoms with E-state index in [0.29, 0.717) is 11.5 Å². The summed E-state index contributed by atoms with van der Waals surface area (Å²) < 4.78 is 0. The van der Waals surface area contributed by atoms with Crippen LogP contribution in [0.3, 0.4) is 0 Å². The van der Waals surface area contributed by atoms with Crippen molar-refractivity contribution in [3.8, 4) is 0 Å². The molecular weight excluding hydrogens is 222 g/mol. The van der Waals surface area contributed by atoms with Crippen molar-refractivity contribution in [3.05, 3.63) is 0 Å². The Balaban J connectivity index is 2.53. The Labute approximate surface area is 103 Å². The van der Waals surface area contributed by atoms with Gasteiger partial charge in [-0.05, 0) is 33.2 Å². The largest absolute Gasteiger partial charge is 0.392 e. The fourth-order valence-electron chi connectivity index (χ4n) is 1.91. The molecule has 1 aliphatic heterocycles. The first kappa shape index (κ1) is 13.4. The Kier molecular flexibility index (Phi) is 4.68. The number of thiocarbonyl (C=S) groups is 1. The van der Waals surface area contributed by atoms with E-state index in [4.69, 9.17) is 18.0 Å². The maximum absolute atomic E-state index is 11.9. The van der Waals surface area contributed by atoms with Gasteiger partial charge in [0, 0.05) is 13.1 Å². The smallest absolute Gasteiger partial charge is 0.236 e. The highest BCUT2D eigenvalue weighted by Gasteiger charge is 2.29. The number of hydrogen-bond donors (Lipinski definition) is 1. The van der Waals surface area contributed by atoms with Gasteiger partial charge in [0.05, 0.1) is 17.6 Å². The Hall–Kier alpha value is -0.680. The van der Waals surface area contributed by atoms with Gasteiger partial charge >= 0.3 is 0 Å². The van der Waals surface area contributed by atoms with Crippen LogP contribution in [0.4, 0.5) is 0 Å². The molecule has 0 radical (unpaired) electrons. The van der Waals surface area contributed by atoms with Gasteiger partial charge in [0.25, 0.3) is 0 Å². The Morgan fingerprint density at radius 1 is 1.62 bits per heavy atom. The van der Waals surface area contributed by atoms with Gasteiger partial charge < -0.3 is 10.6 Å². The molecule has 1 unspecified atom stereocenters. The van der Waals surface area contributed by atoms with Crippen molar-refractivity contribution < 1.29 is 4.79 Å². The monoisotopic (exact) mass is 243 g/mol. The van der Waals surface area contributed by atoms with Crippen molar-refractivity contribution in [2.45, 2.75) is 38.8 Å². The van der Waals surface area contributed by atoms with Crippen LogP contribution in [0.5, 0.6) is 0 Å². The molecule has 1 fully saturated rings. The minimum Gasteiger partial charge on any atom is -0.392 e. The van der Waals surface area contributed by atoms with Gasteiger partial charge in [-0.1, -0.05) is 12.2 Å². The fraction of sp³-hybridized carbons (Fsp3) is 0.818.